The van der Waals surface area contributed by atoms with Crippen LogP contribution in [-0.2, 0) is 5.41 Å². The zero-order chi connectivity index (χ0) is 22.8. The van der Waals surface area contributed by atoms with Crippen LogP contribution in [-0.4, -0.2) is 32.8 Å². The first-order valence-electron chi connectivity index (χ1n) is 11.6. The Hall–Kier alpha value is -2.89. The highest BCUT2D eigenvalue weighted by Crippen LogP contribution is 2.56. The summed E-state index contributed by atoms with van der Waals surface area (Å²) in [6.07, 6.45) is 7.73. The van der Waals surface area contributed by atoms with Crippen molar-refractivity contribution in [3.63, 3.8) is 0 Å². The highest BCUT2D eigenvalue weighted by atomic mass is 16.4. The van der Waals surface area contributed by atoms with E-state index in [-0.39, 0.29) is 22.9 Å². The number of allylic oxidation sites excluding steroid dienone is 1. The van der Waals surface area contributed by atoms with Gasteiger partial charge in [-0.15, -0.1) is 0 Å². The fraction of sp³-hybridized carbons (Fsp3) is 0.500. The monoisotopic (exact) mass is 433 g/mol. The van der Waals surface area contributed by atoms with E-state index in [9.17, 15) is 14.7 Å². The maximum atomic E-state index is 13.5. The average Bonchev–Trinajstić information content (AvgIpc) is 3.29. The predicted octanol–water partition coefficient (Wildman–Crippen LogP) is 4.59. The van der Waals surface area contributed by atoms with E-state index in [4.69, 9.17) is 0 Å². The lowest BCUT2D eigenvalue weighted by atomic mass is 9.70. The summed E-state index contributed by atoms with van der Waals surface area (Å²) in [5.41, 5.74) is 3.65. The van der Waals surface area contributed by atoms with Gasteiger partial charge in [-0.1, -0.05) is 39.3 Å². The zero-order valence-corrected chi connectivity index (χ0v) is 19.1. The number of carbonyl (C=O) groups is 2. The van der Waals surface area contributed by atoms with E-state index in [0.29, 0.717) is 17.4 Å². The summed E-state index contributed by atoms with van der Waals surface area (Å²) < 4.78 is 1.76. The van der Waals surface area contributed by atoms with Crippen LogP contribution >= 0.6 is 0 Å². The minimum absolute atomic E-state index is 0.0717. The molecule has 2 bridgehead atoms. The number of carboxylic acids is 1. The van der Waals surface area contributed by atoms with E-state index in [0.717, 1.165) is 23.2 Å². The van der Waals surface area contributed by atoms with Crippen molar-refractivity contribution in [1.29, 1.82) is 0 Å². The molecular formula is C26H31N3O3. The highest BCUT2D eigenvalue weighted by molar-refractivity contribution is 5.96. The van der Waals surface area contributed by atoms with Crippen LogP contribution in [0.3, 0.4) is 0 Å². The van der Waals surface area contributed by atoms with E-state index in [2.05, 4.69) is 44.2 Å². The summed E-state index contributed by atoms with van der Waals surface area (Å²) in [5, 5.41) is 17.1. The Morgan fingerprint density at radius 2 is 1.84 bits per heavy atom. The molecule has 0 aliphatic heterocycles. The van der Waals surface area contributed by atoms with Gasteiger partial charge < -0.3 is 10.4 Å². The Morgan fingerprint density at radius 3 is 2.50 bits per heavy atom. The third-order valence-corrected chi connectivity index (χ3v) is 7.64. The van der Waals surface area contributed by atoms with E-state index < -0.39 is 5.97 Å². The molecule has 2 fully saturated rings. The van der Waals surface area contributed by atoms with Crippen LogP contribution in [0.1, 0.15) is 73.4 Å². The number of nitrogens with one attached hydrogen (secondary N) is 1. The van der Waals surface area contributed by atoms with Crippen molar-refractivity contribution in [2.45, 2.75) is 58.4 Å². The smallest absolute Gasteiger partial charge is 0.335 e. The Bertz CT molecular complexity index is 1110. The molecule has 3 aliphatic rings. The minimum Gasteiger partial charge on any atom is -0.478 e. The molecule has 2 saturated carbocycles. The Kier molecular flexibility index (Phi) is 4.80. The number of amides is 1. The quantitative estimate of drug-likeness (QED) is 0.691. The van der Waals surface area contributed by atoms with Crippen molar-refractivity contribution in [1.82, 2.24) is 15.1 Å². The van der Waals surface area contributed by atoms with Gasteiger partial charge in [0.2, 0.25) is 0 Å². The summed E-state index contributed by atoms with van der Waals surface area (Å²) in [5.74, 6) is 1.41. The molecule has 2 N–H and O–H groups in total. The van der Waals surface area contributed by atoms with Gasteiger partial charge in [-0.05, 0) is 67.2 Å². The molecule has 1 heterocycles. The molecule has 168 valence electrons. The molecule has 6 heteroatoms. The molecule has 5 atom stereocenters. The molecule has 2 aromatic rings. The lowest BCUT2D eigenvalue weighted by molar-refractivity contribution is 0.0696. The van der Waals surface area contributed by atoms with E-state index in [1.165, 1.54) is 19.3 Å². The first-order chi connectivity index (χ1) is 15.1. The summed E-state index contributed by atoms with van der Waals surface area (Å²) in [4.78, 5) is 24.7. The topological polar surface area (TPSA) is 84.2 Å². The molecule has 6 nitrogen and oxygen atoms in total. The largest absolute Gasteiger partial charge is 0.478 e. The second kappa shape index (κ2) is 7.32. The van der Waals surface area contributed by atoms with Crippen molar-refractivity contribution in [3.8, 4) is 5.69 Å². The van der Waals surface area contributed by atoms with E-state index >= 15 is 0 Å². The van der Waals surface area contributed by atoms with Crippen LogP contribution < -0.4 is 5.32 Å². The SMILES string of the molecule is CC1C=C2CC3CC(CC23)C1NC(=O)c1cnn(-c2ccc(C(=O)O)cc2)c1C(C)(C)C. The summed E-state index contributed by atoms with van der Waals surface area (Å²) >= 11 is 0. The maximum Gasteiger partial charge on any atom is 0.335 e. The second-order valence-corrected chi connectivity index (χ2v) is 10.8. The van der Waals surface area contributed by atoms with Crippen molar-refractivity contribution in [2.75, 3.05) is 0 Å². The highest BCUT2D eigenvalue weighted by Gasteiger charge is 2.49. The van der Waals surface area contributed by atoms with Gasteiger partial charge >= 0.3 is 5.97 Å². The Labute approximate surface area is 188 Å². The molecule has 1 aromatic carbocycles. The number of hydrogen-bond donors (Lipinski definition) is 2. The van der Waals surface area contributed by atoms with Gasteiger partial charge in [-0.3, -0.25) is 4.79 Å². The van der Waals surface area contributed by atoms with Crippen LogP contribution in [0.15, 0.2) is 42.1 Å². The fourth-order valence-electron chi connectivity index (χ4n) is 6.15. The van der Waals surface area contributed by atoms with Crippen LogP contribution in [0.4, 0.5) is 0 Å². The number of rotatable bonds is 4. The van der Waals surface area contributed by atoms with Crippen molar-refractivity contribution in [2.24, 2.45) is 23.7 Å². The molecule has 0 spiro atoms. The standard InChI is InChI=1S/C26H31N3O3/c1-14-9-16-10-17-11-18(12-20(16)17)22(14)28-24(30)21-13-27-29(23(21)26(2,3)4)19-7-5-15(6-8-19)25(31)32/h5-9,13-14,17-18,20,22H,10-12H2,1-4H3,(H,28,30)(H,31,32). The summed E-state index contributed by atoms with van der Waals surface area (Å²) in [7, 11) is 0. The summed E-state index contributed by atoms with van der Waals surface area (Å²) in [6, 6.07) is 6.75. The Balaban J connectivity index is 1.46. The predicted molar refractivity (Wildman–Crippen MR) is 122 cm³/mol. The van der Waals surface area contributed by atoms with Crippen LogP contribution in [0, 0.1) is 23.7 Å². The van der Waals surface area contributed by atoms with Gasteiger partial charge in [0.1, 0.15) is 0 Å². The van der Waals surface area contributed by atoms with Crippen LogP contribution in [0.2, 0.25) is 0 Å². The molecular weight excluding hydrogens is 402 g/mol. The number of benzene rings is 1. The van der Waals surface area contributed by atoms with Crippen LogP contribution in [0.5, 0.6) is 0 Å². The van der Waals surface area contributed by atoms with E-state index in [1.807, 2.05) is 0 Å². The average molecular weight is 434 g/mol. The Morgan fingerprint density at radius 1 is 1.12 bits per heavy atom. The number of nitrogens with zero attached hydrogens (tertiary/aromatic N) is 2. The molecule has 3 aliphatic carbocycles. The van der Waals surface area contributed by atoms with Crippen LogP contribution in [0.25, 0.3) is 5.69 Å². The molecule has 0 saturated heterocycles. The van der Waals surface area contributed by atoms with Gasteiger partial charge in [-0.2, -0.15) is 5.10 Å². The maximum absolute atomic E-state index is 13.5. The lowest BCUT2D eigenvalue weighted by Crippen LogP contribution is -2.44. The number of hydrogen-bond acceptors (Lipinski definition) is 3. The second-order valence-electron chi connectivity index (χ2n) is 10.8. The van der Waals surface area contributed by atoms with Gasteiger partial charge in [0.15, 0.2) is 0 Å². The normalized spacial score (nSPS) is 28.5. The van der Waals surface area contributed by atoms with Gasteiger partial charge in [-0.25, -0.2) is 9.48 Å². The van der Waals surface area contributed by atoms with Gasteiger partial charge in [0.25, 0.3) is 5.91 Å². The molecule has 1 aromatic heterocycles. The zero-order valence-electron chi connectivity index (χ0n) is 19.1. The minimum atomic E-state index is -0.965. The fourth-order valence-corrected chi connectivity index (χ4v) is 6.15. The number of carboxylic acid groups (broad SMARTS) is 1. The number of fused-ring (bicyclic) bond motifs is 1. The van der Waals surface area contributed by atoms with Crippen molar-refractivity contribution in [3.05, 3.63) is 58.9 Å². The molecule has 5 rings (SSSR count). The van der Waals surface area contributed by atoms with Crippen molar-refractivity contribution >= 4 is 11.9 Å². The van der Waals surface area contributed by atoms with Gasteiger partial charge in [0, 0.05) is 11.5 Å². The molecule has 5 unspecified atom stereocenters. The molecule has 1 amide bonds. The lowest BCUT2D eigenvalue weighted by Gasteiger charge is -2.37. The number of aromatic nitrogens is 2. The first kappa shape index (κ1) is 21.0. The molecule has 32 heavy (non-hydrogen) atoms. The van der Waals surface area contributed by atoms with Crippen molar-refractivity contribution < 1.29 is 14.7 Å². The summed E-state index contributed by atoms with van der Waals surface area (Å²) in [6.45, 7) is 8.42. The van der Waals surface area contributed by atoms with Gasteiger partial charge in [0.05, 0.1) is 28.7 Å². The number of carbonyl (C=O) groups excluding carboxylic acids is 1. The van der Waals surface area contributed by atoms with E-state index in [1.54, 1.807) is 40.7 Å². The third kappa shape index (κ3) is 3.37. The molecule has 0 radical (unpaired) electrons. The first-order valence-corrected chi connectivity index (χ1v) is 11.6. The third-order valence-electron chi connectivity index (χ3n) is 7.64. The number of aromatic carboxylic acids is 1.